The monoisotopic (exact) mass is 341 g/mol. The molecular weight excluding hydrogens is 323 g/mol. The van der Waals surface area contributed by atoms with Crippen molar-refractivity contribution < 1.29 is 22.4 Å². The van der Waals surface area contributed by atoms with Gasteiger partial charge in [0.2, 0.25) is 5.91 Å². The number of alkyl halides is 3. The summed E-state index contributed by atoms with van der Waals surface area (Å²) in [5, 5.41) is 1.90. The maximum Gasteiger partial charge on any atom is 0.405 e. The third kappa shape index (κ3) is 4.25. The van der Waals surface area contributed by atoms with Crippen LogP contribution in [0.3, 0.4) is 0 Å². The van der Waals surface area contributed by atoms with Crippen LogP contribution in [-0.2, 0) is 4.79 Å². The second-order valence-corrected chi connectivity index (χ2v) is 5.99. The van der Waals surface area contributed by atoms with Crippen LogP contribution in [0.15, 0.2) is 28.7 Å². The molecule has 1 fully saturated rings. The second-order valence-electron chi connectivity index (χ2n) is 5.99. The quantitative estimate of drug-likeness (QED) is 0.929. The molecule has 130 valence electrons. The molecule has 1 atom stereocenters. The van der Waals surface area contributed by atoms with E-state index in [1.807, 2.05) is 34.5 Å². The van der Waals surface area contributed by atoms with E-state index in [9.17, 15) is 18.0 Å². The molecule has 1 amide bonds. The first kappa shape index (κ1) is 16.8. The van der Waals surface area contributed by atoms with E-state index in [4.69, 9.17) is 4.42 Å². The lowest BCUT2D eigenvalue weighted by atomic mass is 9.98. The topological polar surface area (TPSA) is 58.4 Å². The highest BCUT2D eigenvalue weighted by Gasteiger charge is 2.29. The first-order chi connectivity index (χ1) is 11.4. The molecule has 0 bridgehead atoms. The molecule has 8 heteroatoms. The number of rotatable bonds is 4. The van der Waals surface area contributed by atoms with Crippen LogP contribution in [0.2, 0.25) is 0 Å². The molecule has 1 aliphatic heterocycles. The molecule has 1 aromatic carbocycles. The summed E-state index contributed by atoms with van der Waals surface area (Å²) in [5.74, 6) is 0.0451. The van der Waals surface area contributed by atoms with Gasteiger partial charge in [-0.1, -0.05) is 12.1 Å². The number of benzene rings is 1. The van der Waals surface area contributed by atoms with E-state index >= 15 is 0 Å². The average Bonchev–Trinajstić information content (AvgIpc) is 2.97. The normalized spacial score (nSPS) is 19.5. The maximum absolute atomic E-state index is 12.1. The fraction of sp³-hybridized carbons (Fsp3) is 0.500. The van der Waals surface area contributed by atoms with Gasteiger partial charge >= 0.3 is 6.18 Å². The molecule has 1 aliphatic rings. The Labute approximate surface area is 136 Å². The molecule has 24 heavy (non-hydrogen) atoms. The van der Waals surface area contributed by atoms with E-state index in [0.717, 1.165) is 18.4 Å². The number of carbonyl (C=O) groups is 1. The van der Waals surface area contributed by atoms with E-state index in [-0.39, 0.29) is 12.5 Å². The van der Waals surface area contributed by atoms with Crippen molar-refractivity contribution in [1.82, 2.24) is 15.2 Å². The number of nitrogens with one attached hydrogen (secondary N) is 1. The molecule has 0 saturated carbocycles. The van der Waals surface area contributed by atoms with E-state index in [0.29, 0.717) is 24.6 Å². The average molecular weight is 341 g/mol. The van der Waals surface area contributed by atoms with Crippen molar-refractivity contribution in [3.63, 3.8) is 0 Å². The Hall–Kier alpha value is -2.09. The van der Waals surface area contributed by atoms with Crippen LogP contribution in [-0.4, -0.2) is 48.1 Å². The van der Waals surface area contributed by atoms with Crippen LogP contribution in [0.4, 0.5) is 13.2 Å². The van der Waals surface area contributed by atoms with Crippen molar-refractivity contribution in [1.29, 1.82) is 0 Å². The Morgan fingerprint density at radius 2 is 2.17 bits per heavy atom. The van der Waals surface area contributed by atoms with Crippen molar-refractivity contribution in [2.75, 3.05) is 26.2 Å². The van der Waals surface area contributed by atoms with Gasteiger partial charge in [-0.15, -0.1) is 0 Å². The summed E-state index contributed by atoms with van der Waals surface area (Å²) in [5.41, 5.74) is 1.50. The van der Waals surface area contributed by atoms with E-state index < -0.39 is 18.6 Å². The predicted octanol–water partition coefficient (Wildman–Crippen LogP) is 2.69. The third-order valence-electron chi connectivity index (χ3n) is 4.02. The zero-order valence-electron chi connectivity index (χ0n) is 13.0. The first-order valence-corrected chi connectivity index (χ1v) is 7.82. The maximum atomic E-state index is 12.1. The fourth-order valence-corrected chi connectivity index (χ4v) is 2.92. The van der Waals surface area contributed by atoms with Gasteiger partial charge in [-0.05, 0) is 31.5 Å². The van der Waals surface area contributed by atoms with Crippen LogP contribution >= 0.6 is 0 Å². The minimum absolute atomic E-state index is 0.0431. The van der Waals surface area contributed by atoms with Crippen LogP contribution in [0.5, 0.6) is 0 Å². The number of amides is 1. The molecule has 5 nitrogen and oxygen atoms in total. The van der Waals surface area contributed by atoms with Crippen LogP contribution < -0.4 is 5.32 Å². The number of fused-ring (bicyclic) bond motifs is 1. The van der Waals surface area contributed by atoms with Gasteiger partial charge in [0.05, 0.1) is 6.54 Å². The van der Waals surface area contributed by atoms with Crippen LogP contribution in [0, 0.1) is 0 Å². The number of carbonyl (C=O) groups excluding carboxylic acids is 1. The van der Waals surface area contributed by atoms with Crippen molar-refractivity contribution >= 4 is 17.0 Å². The minimum atomic E-state index is -4.39. The zero-order valence-corrected chi connectivity index (χ0v) is 13.0. The van der Waals surface area contributed by atoms with Gasteiger partial charge in [-0.2, -0.15) is 13.2 Å². The van der Waals surface area contributed by atoms with Crippen molar-refractivity contribution in [3.8, 4) is 0 Å². The Balaban J connectivity index is 1.59. The van der Waals surface area contributed by atoms with Gasteiger partial charge in [0.15, 0.2) is 11.5 Å². The Morgan fingerprint density at radius 3 is 2.92 bits per heavy atom. The number of nitrogens with zero attached hydrogens (tertiary/aromatic N) is 2. The molecule has 2 aromatic rings. The molecule has 3 rings (SSSR count). The molecular formula is C16H18F3N3O2. The highest BCUT2D eigenvalue weighted by Crippen LogP contribution is 2.28. The number of likely N-dealkylation sites (tertiary alicyclic amines) is 1. The second kappa shape index (κ2) is 6.80. The van der Waals surface area contributed by atoms with Gasteiger partial charge in [-0.25, -0.2) is 4.98 Å². The van der Waals surface area contributed by atoms with Gasteiger partial charge in [-0.3, -0.25) is 9.69 Å². The highest BCUT2D eigenvalue weighted by atomic mass is 19.4. The standard InChI is InChI=1S/C16H18F3N3O2/c17-16(18,19)10-20-14(23)9-22-7-3-4-11(8-22)15-21-12-5-1-2-6-13(12)24-15/h1-2,5-6,11H,3-4,7-10H2,(H,20,23)/t11-/m1/s1. The highest BCUT2D eigenvalue weighted by molar-refractivity contribution is 5.78. The van der Waals surface area contributed by atoms with Crippen molar-refractivity contribution in [2.45, 2.75) is 24.9 Å². The summed E-state index contributed by atoms with van der Waals surface area (Å²) in [6.45, 7) is -0.122. The van der Waals surface area contributed by atoms with Crippen LogP contribution in [0.25, 0.3) is 11.1 Å². The lowest BCUT2D eigenvalue weighted by Crippen LogP contribution is -2.44. The molecule has 0 radical (unpaired) electrons. The number of oxazole rings is 1. The lowest BCUT2D eigenvalue weighted by molar-refractivity contribution is -0.139. The Bertz CT molecular complexity index is 681. The number of halogens is 3. The van der Waals surface area contributed by atoms with E-state index in [2.05, 4.69) is 4.98 Å². The number of aromatic nitrogens is 1. The van der Waals surface area contributed by atoms with Gasteiger partial charge in [0, 0.05) is 12.5 Å². The lowest BCUT2D eigenvalue weighted by Gasteiger charge is -2.30. The van der Waals surface area contributed by atoms with Crippen LogP contribution in [0.1, 0.15) is 24.7 Å². The first-order valence-electron chi connectivity index (χ1n) is 7.82. The molecule has 1 aromatic heterocycles. The number of para-hydroxylation sites is 2. The largest absolute Gasteiger partial charge is 0.440 e. The smallest absolute Gasteiger partial charge is 0.405 e. The third-order valence-corrected chi connectivity index (χ3v) is 4.02. The van der Waals surface area contributed by atoms with Gasteiger partial charge < -0.3 is 9.73 Å². The van der Waals surface area contributed by atoms with Gasteiger partial charge in [0.25, 0.3) is 0 Å². The number of hydrogen-bond donors (Lipinski definition) is 1. The molecule has 1 N–H and O–H groups in total. The summed E-state index contributed by atoms with van der Waals surface area (Å²) in [6.07, 6.45) is -2.66. The summed E-state index contributed by atoms with van der Waals surface area (Å²) < 4.78 is 42.2. The molecule has 1 saturated heterocycles. The predicted molar refractivity (Wildman–Crippen MR) is 81.5 cm³/mol. The fourth-order valence-electron chi connectivity index (χ4n) is 2.92. The van der Waals surface area contributed by atoms with Crippen molar-refractivity contribution in [3.05, 3.63) is 30.2 Å². The molecule has 2 heterocycles. The van der Waals surface area contributed by atoms with Gasteiger partial charge in [0.1, 0.15) is 12.1 Å². The summed E-state index contributed by atoms with van der Waals surface area (Å²) in [6, 6.07) is 7.47. The van der Waals surface area contributed by atoms with Crippen molar-refractivity contribution in [2.24, 2.45) is 0 Å². The summed E-state index contributed by atoms with van der Waals surface area (Å²) >= 11 is 0. The molecule has 0 aliphatic carbocycles. The number of hydrogen-bond acceptors (Lipinski definition) is 4. The number of piperidine rings is 1. The Morgan fingerprint density at radius 1 is 1.38 bits per heavy atom. The molecule has 0 unspecified atom stereocenters. The SMILES string of the molecule is O=C(CN1CCC[C@@H](c2nc3ccccc3o2)C1)NCC(F)(F)F. The zero-order chi connectivity index (χ0) is 17.2. The van der Waals surface area contributed by atoms with E-state index in [1.54, 1.807) is 0 Å². The Kier molecular flexibility index (Phi) is 4.75. The molecule has 0 spiro atoms. The minimum Gasteiger partial charge on any atom is -0.440 e. The van der Waals surface area contributed by atoms with E-state index in [1.165, 1.54) is 0 Å². The summed E-state index contributed by atoms with van der Waals surface area (Å²) in [7, 11) is 0. The summed E-state index contributed by atoms with van der Waals surface area (Å²) in [4.78, 5) is 18.0.